The van der Waals surface area contributed by atoms with Gasteiger partial charge in [-0.1, -0.05) is 84.9 Å². The average Bonchev–Trinajstić information content (AvgIpc) is 3.40. The first-order chi connectivity index (χ1) is 21.6. The number of ether oxygens (including phenoxy) is 2. The van der Waals surface area contributed by atoms with E-state index < -0.39 is 5.92 Å². The number of benzene rings is 4. The van der Waals surface area contributed by atoms with Crippen molar-refractivity contribution in [3.05, 3.63) is 157 Å². The molecule has 0 saturated heterocycles. The Morgan fingerprint density at radius 3 is 1.80 bits per heavy atom. The summed E-state index contributed by atoms with van der Waals surface area (Å²) in [5.41, 5.74) is 10.1. The summed E-state index contributed by atoms with van der Waals surface area (Å²) in [6, 6.07) is 38.8. The van der Waals surface area contributed by atoms with E-state index in [0.29, 0.717) is 45.0 Å². The summed E-state index contributed by atoms with van der Waals surface area (Å²) in [5.74, 6) is 0.684. The second kappa shape index (κ2) is 12.6. The van der Waals surface area contributed by atoms with Gasteiger partial charge in [0.1, 0.15) is 35.2 Å². The van der Waals surface area contributed by atoms with E-state index in [1.807, 2.05) is 97.1 Å². The standard InChI is InChI=1S/C36H26N4O3S/c37-20-30-33(27-13-17-29(18-14-27)43-23-26-9-5-2-6-10-26)31(21-38)36-40(34(30)39)35(41)32(44-36)19-24-11-15-28(16-12-24)42-22-25-7-3-1-4-8-25/h1-19,33H,22-23,39H2/b32-19-/t33-/m0/s1. The third kappa shape index (κ3) is 5.76. The second-order valence-electron chi connectivity index (χ2n) is 10.1. The van der Waals surface area contributed by atoms with E-state index in [1.54, 1.807) is 18.2 Å². The number of hydrogen-bond acceptors (Lipinski definition) is 7. The van der Waals surface area contributed by atoms with Crippen molar-refractivity contribution in [1.82, 2.24) is 4.57 Å². The molecule has 4 aromatic carbocycles. The van der Waals surface area contributed by atoms with E-state index >= 15 is 0 Å². The number of aromatic nitrogens is 1. The number of hydrogen-bond donors (Lipinski definition) is 1. The Bertz CT molecular complexity index is 2100. The van der Waals surface area contributed by atoms with E-state index in [9.17, 15) is 15.3 Å². The van der Waals surface area contributed by atoms with Gasteiger partial charge in [-0.05, 0) is 52.6 Å². The summed E-state index contributed by atoms with van der Waals surface area (Å²) in [6.45, 7) is 0.868. The van der Waals surface area contributed by atoms with Gasteiger partial charge in [-0.2, -0.15) is 10.5 Å². The van der Waals surface area contributed by atoms with Crippen LogP contribution in [0, 0.1) is 22.7 Å². The Labute approximate surface area is 257 Å². The van der Waals surface area contributed by atoms with Crippen LogP contribution in [-0.4, -0.2) is 4.57 Å². The summed E-state index contributed by atoms with van der Waals surface area (Å²) in [6.07, 6.45) is 1.75. The van der Waals surface area contributed by atoms with Gasteiger partial charge in [0, 0.05) is 0 Å². The Morgan fingerprint density at radius 1 is 0.750 bits per heavy atom. The maximum atomic E-state index is 13.5. The SMILES string of the molecule is N#CC1=C(N)n2c(s/c(=C\c3ccc(OCc4ccccc4)cc3)c2=O)=C(C#N)[C@H]1c1ccc(OCc2ccccc2)cc1. The Morgan fingerprint density at radius 2 is 1.27 bits per heavy atom. The van der Waals surface area contributed by atoms with E-state index in [-0.39, 0.29) is 17.0 Å². The molecule has 0 unspecified atom stereocenters. The highest BCUT2D eigenvalue weighted by molar-refractivity contribution is 7.07. The zero-order chi connectivity index (χ0) is 30.5. The largest absolute Gasteiger partial charge is 0.489 e. The highest BCUT2D eigenvalue weighted by Crippen LogP contribution is 2.36. The van der Waals surface area contributed by atoms with E-state index in [0.717, 1.165) is 16.7 Å². The van der Waals surface area contributed by atoms with Crippen molar-refractivity contribution < 1.29 is 9.47 Å². The Hall–Kier alpha value is -5.83. The lowest BCUT2D eigenvalue weighted by Crippen LogP contribution is -2.38. The minimum Gasteiger partial charge on any atom is -0.489 e. The first-order valence-electron chi connectivity index (χ1n) is 13.9. The molecule has 214 valence electrons. The molecule has 1 aromatic heterocycles. The maximum Gasteiger partial charge on any atom is 0.274 e. The minimum absolute atomic E-state index is 0.0291. The van der Waals surface area contributed by atoms with Crippen LogP contribution in [0.25, 0.3) is 17.5 Å². The predicted octanol–water partition coefficient (Wildman–Crippen LogP) is 5.02. The van der Waals surface area contributed by atoms with E-state index in [2.05, 4.69) is 12.1 Å². The lowest BCUT2D eigenvalue weighted by molar-refractivity contribution is 0.306. The van der Waals surface area contributed by atoms with Gasteiger partial charge in [0.05, 0.1) is 33.7 Å². The number of nitrogens with two attached hydrogens (primary N) is 1. The van der Waals surface area contributed by atoms with Crippen LogP contribution in [0.15, 0.2) is 120 Å². The van der Waals surface area contributed by atoms with Crippen molar-refractivity contribution in [3.8, 4) is 23.6 Å². The lowest BCUT2D eigenvalue weighted by Gasteiger charge is -2.22. The van der Waals surface area contributed by atoms with Crippen molar-refractivity contribution >= 4 is 28.8 Å². The number of nitriles is 2. The fourth-order valence-electron chi connectivity index (χ4n) is 5.03. The molecule has 44 heavy (non-hydrogen) atoms. The van der Waals surface area contributed by atoms with Crippen LogP contribution in [-0.2, 0) is 13.2 Å². The van der Waals surface area contributed by atoms with Gasteiger partial charge in [-0.3, -0.25) is 9.36 Å². The third-order valence-corrected chi connectivity index (χ3v) is 8.39. The smallest absolute Gasteiger partial charge is 0.274 e. The number of rotatable bonds is 8. The zero-order valence-electron chi connectivity index (χ0n) is 23.5. The molecule has 0 saturated carbocycles. The Kier molecular flexibility index (Phi) is 8.09. The third-order valence-electron chi connectivity index (χ3n) is 7.28. The normalized spacial score (nSPS) is 14.5. The van der Waals surface area contributed by atoms with Crippen LogP contribution in [0.1, 0.15) is 28.2 Å². The molecule has 7 nitrogen and oxygen atoms in total. The van der Waals surface area contributed by atoms with Crippen molar-refractivity contribution in [3.63, 3.8) is 0 Å². The highest BCUT2D eigenvalue weighted by Gasteiger charge is 2.32. The summed E-state index contributed by atoms with van der Waals surface area (Å²) in [4.78, 5) is 13.5. The molecular weight excluding hydrogens is 568 g/mol. The molecule has 1 aliphatic rings. The van der Waals surface area contributed by atoms with Crippen LogP contribution in [0.3, 0.4) is 0 Å². The molecule has 1 atom stereocenters. The van der Waals surface area contributed by atoms with Crippen LogP contribution >= 0.6 is 11.3 Å². The van der Waals surface area contributed by atoms with Gasteiger partial charge in [0.25, 0.3) is 5.56 Å². The molecule has 2 N–H and O–H groups in total. The van der Waals surface area contributed by atoms with Crippen LogP contribution in [0.4, 0.5) is 0 Å². The molecule has 2 heterocycles. The van der Waals surface area contributed by atoms with Gasteiger partial charge in [-0.25, -0.2) is 0 Å². The van der Waals surface area contributed by atoms with E-state index in [4.69, 9.17) is 15.2 Å². The van der Waals surface area contributed by atoms with Crippen molar-refractivity contribution in [2.45, 2.75) is 19.1 Å². The molecule has 6 rings (SSSR count). The first kappa shape index (κ1) is 28.3. The maximum absolute atomic E-state index is 13.5. The van der Waals surface area contributed by atoms with Gasteiger partial charge >= 0.3 is 0 Å². The molecule has 5 aromatic rings. The molecule has 1 aliphatic heterocycles. The van der Waals surface area contributed by atoms with Gasteiger partial charge in [-0.15, -0.1) is 11.3 Å². The molecule has 0 radical (unpaired) electrons. The summed E-state index contributed by atoms with van der Waals surface area (Å²) < 4.78 is 13.9. The molecule has 0 bridgehead atoms. The molecule has 0 spiro atoms. The van der Waals surface area contributed by atoms with Crippen molar-refractivity contribution in [2.24, 2.45) is 5.73 Å². The average molecular weight is 595 g/mol. The number of thiazole rings is 1. The second-order valence-corrected chi connectivity index (χ2v) is 11.1. The number of allylic oxidation sites excluding steroid dienone is 1. The summed E-state index contributed by atoms with van der Waals surface area (Å²) in [7, 11) is 0. The topological polar surface area (TPSA) is 114 Å². The minimum atomic E-state index is -0.708. The fourth-order valence-corrected chi connectivity index (χ4v) is 6.16. The number of nitrogens with zero attached hydrogens (tertiary/aromatic N) is 3. The lowest BCUT2D eigenvalue weighted by atomic mass is 9.84. The molecular formula is C36H26N4O3S. The molecule has 0 aliphatic carbocycles. The fraction of sp³-hybridized carbons (Fsp3) is 0.0833. The van der Waals surface area contributed by atoms with Gasteiger partial charge in [0.2, 0.25) is 0 Å². The first-order valence-corrected chi connectivity index (χ1v) is 14.7. The van der Waals surface area contributed by atoms with Crippen LogP contribution in [0.5, 0.6) is 11.5 Å². The van der Waals surface area contributed by atoms with Crippen molar-refractivity contribution in [1.29, 1.82) is 10.5 Å². The van der Waals surface area contributed by atoms with Gasteiger partial charge < -0.3 is 15.2 Å². The highest BCUT2D eigenvalue weighted by atomic mass is 32.1. The van der Waals surface area contributed by atoms with Crippen LogP contribution in [0.2, 0.25) is 0 Å². The van der Waals surface area contributed by atoms with Crippen molar-refractivity contribution in [2.75, 3.05) is 0 Å². The summed E-state index contributed by atoms with van der Waals surface area (Å²) >= 11 is 1.18. The van der Waals surface area contributed by atoms with Crippen LogP contribution < -0.4 is 30.0 Å². The molecule has 0 amide bonds. The number of fused-ring (bicyclic) bond motifs is 1. The zero-order valence-corrected chi connectivity index (χ0v) is 24.3. The van der Waals surface area contributed by atoms with Gasteiger partial charge in [0.15, 0.2) is 0 Å². The predicted molar refractivity (Wildman–Crippen MR) is 171 cm³/mol. The monoisotopic (exact) mass is 594 g/mol. The quantitative estimate of drug-likeness (QED) is 0.270. The summed E-state index contributed by atoms with van der Waals surface area (Å²) in [5, 5.41) is 20.4. The molecule has 8 heteroatoms. The molecule has 0 fully saturated rings. The Balaban J connectivity index is 1.30. The van der Waals surface area contributed by atoms with E-state index in [1.165, 1.54) is 15.9 Å².